The van der Waals surface area contributed by atoms with E-state index in [-0.39, 0.29) is 19.8 Å². The third kappa shape index (κ3) is 7.81. The second-order valence-electron chi connectivity index (χ2n) is 13.2. The fourth-order valence-electron chi connectivity index (χ4n) is 7.02. The van der Waals surface area contributed by atoms with Gasteiger partial charge < -0.3 is 38.6 Å². The number of halogens is 1. The van der Waals surface area contributed by atoms with Gasteiger partial charge in [-0.3, -0.25) is 0 Å². The largest absolute Gasteiger partial charge is 0.493 e. The van der Waals surface area contributed by atoms with Crippen molar-refractivity contribution >= 4 is 11.6 Å². The number of methoxy groups -OCH3 is 1. The van der Waals surface area contributed by atoms with Crippen LogP contribution in [0.3, 0.4) is 0 Å². The van der Waals surface area contributed by atoms with Crippen LogP contribution in [0.25, 0.3) is 0 Å². The average molecular weight is 723 g/mol. The molecule has 0 aliphatic carbocycles. The number of aliphatic hydroxyl groups is 2. The van der Waals surface area contributed by atoms with Crippen molar-refractivity contribution in [2.24, 2.45) is 0 Å². The van der Waals surface area contributed by atoms with E-state index in [2.05, 4.69) is 6.07 Å². The molecular formula is C43H43ClO8. The van der Waals surface area contributed by atoms with Gasteiger partial charge in [0.2, 0.25) is 11.6 Å². The van der Waals surface area contributed by atoms with Crippen molar-refractivity contribution < 1.29 is 38.6 Å². The minimum Gasteiger partial charge on any atom is -0.493 e. The summed E-state index contributed by atoms with van der Waals surface area (Å²) < 4.78 is 38.7. The topological polar surface area (TPSA) is 95.8 Å². The van der Waals surface area contributed by atoms with Crippen molar-refractivity contribution in [2.75, 3.05) is 20.3 Å². The Hall–Kier alpha value is -4.09. The molecule has 0 amide bonds. The highest BCUT2D eigenvalue weighted by Gasteiger charge is 2.64. The lowest BCUT2D eigenvalue weighted by molar-refractivity contribution is -0.457. The molecule has 0 unspecified atom stereocenters. The van der Waals surface area contributed by atoms with Crippen molar-refractivity contribution in [1.29, 1.82) is 0 Å². The Bertz CT molecular complexity index is 1910. The Labute approximate surface area is 309 Å². The van der Waals surface area contributed by atoms with Crippen LogP contribution < -0.4 is 4.74 Å². The van der Waals surface area contributed by atoms with Gasteiger partial charge in [0, 0.05) is 24.1 Å². The monoisotopic (exact) mass is 722 g/mol. The van der Waals surface area contributed by atoms with Crippen molar-refractivity contribution in [3.05, 3.63) is 171 Å². The van der Waals surface area contributed by atoms with Gasteiger partial charge in [0.25, 0.3) is 0 Å². The van der Waals surface area contributed by atoms with Crippen LogP contribution in [-0.4, -0.2) is 54.6 Å². The molecule has 0 saturated carbocycles. The lowest BCUT2D eigenvalue weighted by Gasteiger charge is -2.54. The number of aliphatic hydroxyl groups excluding tert-OH is 1. The fraction of sp³-hybridized carbons (Fsp3) is 0.302. The van der Waals surface area contributed by atoms with Gasteiger partial charge >= 0.3 is 0 Å². The maximum atomic E-state index is 12.3. The number of hydrogen-bond donors (Lipinski definition) is 2. The molecule has 0 aromatic heterocycles. The smallest absolute Gasteiger partial charge is 0.227 e. The second kappa shape index (κ2) is 16.3. The van der Waals surface area contributed by atoms with Gasteiger partial charge in [-0.25, -0.2) is 0 Å². The molecule has 8 nitrogen and oxygen atoms in total. The normalized spacial score (nSPS) is 24.0. The number of rotatable bonds is 14. The Morgan fingerprint density at radius 2 is 1.31 bits per heavy atom. The molecule has 2 aliphatic heterocycles. The van der Waals surface area contributed by atoms with Crippen molar-refractivity contribution in [3.63, 3.8) is 0 Å². The molecule has 5 aromatic carbocycles. The highest BCUT2D eigenvalue weighted by atomic mass is 35.5. The molecule has 2 aliphatic rings. The highest BCUT2D eigenvalue weighted by Crippen LogP contribution is 2.47. The first-order valence-corrected chi connectivity index (χ1v) is 17.9. The molecule has 5 atom stereocenters. The first kappa shape index (κ1) is 36.3. The summed E-state index contributed by atoms with van der Waals surface area (Å²) in [5, 5.41) is 23.8. The molecule has 9 heteroatoms. The first-order valence-electron chi connectivity index (χ1n) is 17.5. The molecule has 1 saturated heterocycles. The molecule has 0 radical (unpaired) electrons. The van der Waals surface area contributed by atoms with Crippen LogP contribution in [0, 0.1) is 0 Å². The van der Waals surface area contributed by atoms with Gasteiger partial charge in [-0.1, -0.05) is 121 Å². The van der Waals surface area contributed by atoms with E-state index >= 15 is 0 Å². The summed E-state index contributed by atoms with van der Waals surface area (Å²) in [6.07, 6.45) is -1.84. The second-order valence-corrected chi connectivity index (χ2v) is 13.6. The molecule has 270 valence electrons. The molecule has 0 spiro atoms. The number of hydrogen-bond acceptors (Lipinski definition) is 8. The van der Waals surface area contributed by atoms with Crippen molar-refractivity contribution in [3.8, 4) is 5.75 Å². The molecule has 7 rings (SSSR count). The molecule has 5 aromatic rings. The molecule has 1 fully saturated rings. The number of fused-ring (bicyclic) bond motifs is 1. The molecule has 0 bridgehead atoms. The fourth-order valence-corrected chi connectivity index (χ4v) is 7.20. The van der Waals surface area contributed by atoms with Gasteiger partial charge in [-0.05, 0) is 58.0 Å². The first-order chi connectivity index (χ1) is 25.4. The lowest BCUT2D eigenvalue weighted by atomic mass is 9.84. The maximum Gasteiger partial charge on any atom is 0.227 e. The van der Waals surface area contributed by atoms with E-state index in [0.29, 0.717) is 23.6 Å². The molecule has 2 N–H and O–H groups in total. The van der Waals surface area contributed by atoms with Gasteiger partial charge in [0.15, 0.2) is 0 Å². The van der Waals surface area contributed by atoms with E-state index < -0.39 is 36.5 Å². The van der Waals surface area contributed by atoms with Crippen LogP contribution >= 0.6 is 11.6 Å². The number of ether oxygens (including phenoxy) is 6. The maximum absolute atomic E-state index is 12.3. The third-order valence-corrected chi connectivity index (χ3v) is 10.1. The van der Waals surface area contributed by atoms with Crippen molar-refractivity contribution in [2.45, 2.75) is 62.5 Å². The van der Waals surface area contributed by atoms with E-state index in [1.807, 2.05) is 109 Å². The van der Waals surface area contributed by atoms with E-state index in [4.69, 9.17) is 40.0 Å². The zero-order chi connectivity index (χ0) is 36.0. The predicted molar refractivity (Wildman–Crippen MR) is 197 cm³/mol. The SMILES string of the molecule is CO[C@@]1(c2ccc(Cl)c(Cc3ccc4c(c3)CCO4)c2)O[C@](O)(CO)[C@@H](OCc2ccccc2)[C@H](OCc2ccccc2)[C@H]1OCc1ccccc1. The minimum absolute atomic E-state index is 0.116. The summed E-state index contributed by atoms with van der Waals surface area (Å²) in [5.41, 5.74) is 6.27. The Kier molecular flexibility index (Phi) is 11.4. The van der Waals surface area contributed by atoms with E-state index in [9.17, 15) is 10.2 Å². The summed E-state index contributed by atoms with van der Waals surface area (Å²) in [6, 6.07) is 40.7. The minimum atomic E-state index is -2.28. The average Bonchev–Trinajstić information content (AvgIpc) is 3.66. The summed E-state index contributed by atoms with van der Waals surface area (Å²) in [5.74, 6) is -3.16. The van der Waals surface area contributed by atoms with Crippen LogP contribution in [0.1, 0.15) is 38.9 Å². The predicted octanol–water partition coefficient (Wildman–Crippen LogP) is 7.13. The zero-order valence-electron chi connectivity index (χ0n) is 29.0. The Morgan fingerprint density at radius 3 is 1.90 bits per heavy atom. The van der Waals surface area contributed by atoms with Gasteiger partial charge in [0.1, 0.15) is 24.1 Å². The Balaban J connectivity index is 1.31. The highest BCUT2D eigenvalue weighted by molar-refractivity contribution is 6.31. The molecular weight excluding hydrogens is 680 g/mol. The van der Waals surface area contributed by atoms with Crippen LogP contribution in [0.2, 0.25) is 5.02 Å². The third-order valence-electron chi connectivity index (χ3n) is 9.70. The zero-order valence-corrected chi connectivity index (χ0v) is 29.8. The van der Waals surface area contributed by atoms with E-state index in [0.717, 1.165) is 45.6 Å². The van der Waals surface area contributed by atoms with Crippen molar-refractivity contribution in [1.82, 2.24) is 0 Å². The van der Waals surface area contributed by atoms with Gasteiger partial charge in [-0.15, -0.1) is 0 Å². The van der Waals surface area contributed by atoms with Crippen LogP contribution in [0.4, 0.5) is 0 Å². The van der Waals surface area contributed by atoms with Crippen LogP contribution in [0.15, 0.2) is 127 Å². The number of benzene rings is 5. The summed E-state index contributed by atoms with van der Waals surface area (Å²) in [7, 11) is 1.49. The van der Waals surface area contributed by atoms with Crippen LogP contribution in [0.5, 0.6) is 5.75 Å². The van der Waals surface area contributed by atoms with E-state index in [1.54, 1.807) is 12.1 Å². The summed E-state index contributed by atoms with van der Waals surface area (Å²) in [4.78, 5) is 0. The summed E-state index contributed by atoms with van der Waals surface area (Å²) in [6.45, 7) is 0.309. The Morgan fingerprint density at radius 1 is 0.712 bits per heavy atom. The van der Waals surface area contributed by atoms with Gasteiger partial charge in [0.05, 0.1) is 33.0 Å². The van der Waals surface area contributed by atoms with Crippen LogP contribution in [-0.2, 0) is 62.1 Å². The summed E-state index contributed by atoms with van der Waals surface area (Å²) >= 11 is 6.85. The quantitative estimate of drug-likeness (QED) is 0.125. The van der Waals surface area contributed by atoms with E-state index in [1.165, 1.54) is 7.11 Å². The lowest BCUT2D eigenvalue weighted by Crippen LogP contribution is -2.71. The molecule has 52 heavy (non-hydrogen) atoms. The van der Waals surface area contributed by atoms with Gasteiger partial charge in [-0.2, -0.15) is 0 Å². The molecule has 2 heterocycles. The standard InChI is InChI=1S/C43H43ClO8/c1-47-43(36-18-19-37(44)35(25-36)24-33-17-20-38-34(23-33)21-22-48-38)41(51-28-32-15-9-4-10-16-32)39(49-26-30-11-5-2-6-12-30)40(42(46,29-45)52-43)50-27-31-13-7-3-8-14-31/h2-20,23,25,39-41,45-46H,21-22,24,26-29H2,1H3/t39-,40-,41+,42+,43-/m0/s1.